The van der Waals surface area contributed by atoms with Gasteiger partial charge in [0.05, 0.1) is 5.69 Å². The molecule has 0 aliphatic heterocycles. The molecule has 1 N–H and O–H groups in total. The van der Waals surface area contributed by atoms with Crippen LogP contribution in [0.3, 0.4) is 0 Å². The molecule has 0 aliphatic rings. The van der Waals surface area contributed by atoms with E-state index in [0.717, 1.165) is 35.4 Å². The van der Waals surface area contributed by atoms with E-state index in [1.54, 1.807) is 0 Å². The smallest absolute Gasteiger partial charge is 0.274 e. The Morgan fingerprint density at radius 1 is 1.22 bits per heavy atom. The van der Waals surface area contributed by atoms with Gasteiger partial charge in [-0.2, -0.15) is 0 Å². The van der Waals surface area contributed by atoms with Crippen LogP contribution < -0.4 is 5.32 Å². The van der Waals surface area contributed by atoms with E-state index in [0.29, 0.717) is 5.69 Å². The van der Waals surface area contributed by atoms with Gasteiger partial charge in [-0.3, -0.25) is 9.20 Å². The Balaban J connectivity index is 2.01. The maximum absolute atomic E-state index is 12.9. The van der Waals surface area contributed by atoms with E-state index in [-0.39, 0.29) is 5.91 Å². The number of amides is 1. The van der Waals surface area contributed by atoms with Gasteiger partial charge >= 0.3 is 0 Å². The quantitative estimate of drug-likeness (QED) is 0.787. The monoisotopic (exact) mass is 307 g/mol. The molecule has 1 aromatic carbocycles. The van der Waals surface area contributed by atoms with Crippen LogP contribution in [-0.4, -0.2) is 15.3 Å². The molecule has 0 spiro atoms. The molecule has 0 bridgehead atoms. The Morgan fingerprint density at radius 2 is 2.04 bits per heavy atom. The number of anilines is 1. The van der Waals surface area contributed by atoms with E-state index in [1.165, 1.54) is 5.56 Å². The summed E-state index contributed by atoms with van der Waals surface area (Å²) in [6.45, 7) is 6.14. The second-order valence-electron chi connectivity index (χ2n) is 5.86. The lowest BCUT2D eigenvalue weighted by atomic mass is 10.1. The maximum Gasteiger partial charge on any atom is 0.274 e. The zero-order chi connectivity index (χ0) is 16.4. The first-order valence-electron chi connectivity index (χ1n) is 7.94. The Hall–Kier alpha value is -2.62. The lowest BCUT2D eigenvalue weighted by Crippen LogP contribution is -2.17. The number of nitrogens with one attached hydrogen (secondary N) is 1. The van der Waals surface area contributed by atoms with Gasteiger partial charge in [-0.25, -0.2) is 4.98 Å². The number of hydrogen-bond donors (Lipinski definition) is 1. The van der Waals surface area contributed by atoms with Crippen molar-refractivity contribution in [3.8, 4) is 0 Å². The molecule has 0 aliphatic carbocycles. The van der Waals surface area contributed by atoms with Crippen LogP contribution in [0.15, 0.2) is 42.6 Å². The van der Waals surface area contributed by atoms with Gasteiger partial charge in [0.2, 0.25) is 0 Å². The number of aryl methyl sites for hydroxylation is 3. The number of benzene rings is 1. The van der Waals surface area contributed by atoms with E-state index in [2.05, 4.69) is 23.3 Å². The fourth-order valence-electron chi connectivity index (χ4n) is 2.83. The molecular formula is C19H21N3O. The largest absolute Gasteiger partial charge is 0.320 e. The number of carbonyl (C=O) groups excluding carboxylic acids is 1. The highest BCUT2D eigenvalue weighted by Crippen LogP contribution is 2.20. The normalized spacial score (nSPS) is 10.9. The zero-order valence-corrected chi connectivity index (χ0v) is 13.8. The lowest BCUT2D eigenvalue weighted by molar-refractivity contribution is 0.102. The van der Waals surface area contributed by atoms with Gasteiger partial charge in [-0.05, 0) is 44.0 Å². The molecule has 2 heterocycles. The van der Waals surface area contributed by atoms with Crippen molar-refractivity contribution in [1.82, 2.24) is 9.38 Å². The summed E-state index contributed by atoms with van der Waals surface area (Å²) in [7, 11) is 0. The highest BCUT2D eigenvalue weighted by Gasteiger charge is 2.19. The number of imidazole rings is 1. The van der Waals surface area contributed by atoms with Gasteiger partial charge in [0.25, 0.3) is 5.91 Å². The Bertz CT molecular complexity index is 864. The van der Waals surface area contributed by atoms with Gasteiger partial charge in [0.15, 0.2) is 0 Å². The summed E-state index contributed by atoms with van der Waals surface area (Å²) in [6, 6.07) is 11.8. The van der Waals surface area contributed by atoms with Crippen molar-refractivity contribution in [3.05, 3.63) is 65.1 Å². The van der Waals surface area contributed by atoms with Crippen molar-refractivity contribution in [2.45, 2.75) is 33.6 Å². The van der Waals surface area contributed by atoms with Gasteiger partial charge in [0, 0.05) is 11.9 Å². The van der Waals surface area contributed by atoms with Gasteiger partial charge < -0.3 is 5.32 Å². The first-order valence-corrected chi connectivity index (χ1v) is 7.94. The Kier molecular flexibility index (Phi) is 4.15. The number of fused-ring (bicyclic) bond motifs is 1. The number of rotatable bonds is 4. The van der Waals surface area contributed by atoms with Crippen molar-refractivity contribution >= 4 is 17.2 Å². The third kappa shape index (κ3) is 2.97. The fraction of sp³-hybridized carbons (Fsp3) is 0.263. The highest BCUT2D eigenvalue weighted by molar-refractivity contribution is 6.04. The Labute approximate surface area is 136 Å². The molecule has 3 aromatic rings. The molecular weight excluding hydrogens is 286 g/mol. The number of nitrogens with zero attached hydrogens (tertiary/aromatic N) is 2. The first-order chi connectivity index (χ1) is 11.1. The summed E-state index contributed by atoms with van der Waals surface area (Å²) in [6.07, 6.45) is 3.63. The molecule has 23 heavy (non-hydrogen) atoms. The SMILES string of the molecule is CCCc1nc2ccccn2c1C(=O)Nc1ccc(C)cc1C. The van der Waals surface area contributed by atoms with Crippen molar-refractivity contribution < 1.29 is 4.79 Å². The molecule has 1 amide bonds. The molecule has 3 rings (SSSR count). The topological polar surface area (TPSA) is 46.4 Å². The Morgan fingerprint density at radius 3 is 2.78 bits per heavy atom. The molecule has 0 saturated heterocycles. The number of carbonyl (C=O) groups is 1. The van der Waals surface area contributed by atoms with Crippen LogP contribution in [0.5, 0.6) is 0 Å². The van der Waals surface area contributed by atoms with Crippen LogP contribution in [0.4, 0.5) is 5.69 Å². The average Bonchev–Trinajstić information content (AvgIpc) is 2.88. The van der Waals surface area contributed by atoms with E-state index in [4.69, 9.17) is 0 Å². The summed E-state index contributed by atoms with van der Waals surface area (Å²) in [5, 5.41) is 3.03. The third-order valence-corrected chi connectivity index (χ3v) is 3.93. The van der Waals surface area contributed by atoms with E-state index >= 15 is 0 Å². The molecule has 0 unspecified atom stereocenters. The summed E-state index contributed by atoms with van der Waals surface area (Å²) < 4.78 is 1.86. The minimum atomic E-state index is -0.112. The lowest BCUT2D eigenvalue weighted by Gasteiger charge is -2.10. The van der Waals surface area contributed by atoms with Crippen molar-refractivity contribution in [2.24, 2.45) is 0 Å². The summed E-state index contributed by atoms with van der Waals surface area (Å²) >= 11 is 0. The van der Waals surface area contributed by atoms with Crippen molar-refractivity contribution in [3.63, 3.8) is 0 Å². The first kappa shape index (κ1) is 15.3. The van der Waals surface area contributed by atoms with E-state index < -0.39 is 0 Å². The molecule has 4 nitrogen and oxygen atoms in total. The predicted octanol–water partition coefficient (Wildman–Crippen LogP) is 4.16. The highest BCUT2D eigenvalue weighted by atomic mass is 16.2. The molecule has 2 aromatic heterocycles. The fourth-order valence-corrected chi connectivity index (χ4v) is 2.83. The van der Waals surface area contributed by atoms with Crippen LogP contribution in [0.1, 0.15) is 40.7 Å². The van der Waals surface area contributed by atoms with Crippen LogP contribution in [0, 0.1) is 13.8 Å². The zero-order valence-electron chi connectivity index (χ0n) is 13.8. The molecule has 4 heteroatoms. The average molecular weight is 307 g/mol. The molecule has 0 radical (unpaired) electrons. The van der Waals surface area contributed by atoms with E-state index in [9.17, 15) is 4.79 Å². The van der Waals surface area contributed by atoms with Gasteiger partial charge in [0.1, 0.15) is 11.3 Å². The number of hydrogen-bond acceptors (Lipinski definition) is 2. The third-order valence-electron chi connectivity index (χ3n) is 3.93. The molecule has 0 fully saturated rings. The molecule has 0 atom stereocenters. The maximum atomic E-state index is 12.9. The molecule has 0 saturated carbocycles. The van der Waals surface area contributed by atoms with Crippen LogP contribution >= 0.6 is 0 Å². The summed E-state index contributed by atoms with van der Waals surface area (Å²) in [4.78, 5) is 17.5. The van der Waals surface area contributed by atoms with Crippen molar-refractivity contribution in [1.29, 1.82) is 0 Å². The number of aromatic nitrogens is 2. The van der Waals surface area contributed by atoms with Crippen LogP contribution in [0.25, 0.3) is 5.65 Å². The van der Waals surface area contributed by atoms with Crippen molar-refractivity contribution in [2.75, 3.05) is 5.32 Å². The minimum Gasteiger partial charge on any atom is -0.320 e. The van der Waals surface area contributed by atoms with Gasteiger partial charge in [-0.1, -0.05) is 37.1 Å². The number of pyridine rings is 1. The van der Waals surface area contributed by atoms with Gasteiger partial charge in [-0.15, -0.1) is 0 Å². The summed E-state index contributed by atoms with van der Waals surface area (Å²) in [5.74, 6) is -0.112. The second kappa shape index (κ2) is 6.24. The molecule has 118 valence electrons. The summed E-state index contributed by atoms with van der Waals surface area (Å²) in [5.41, 5.74) is 5.37. The predicted molar refractivity (Wildman–Crippen MR) is 93.1 cm³/mol. The van der Waals surface area contributed by atoms with E-state index in [1.807, 2.05) is 54.8 Å². The second-order valence-corrected chi connectivity index (χ2v) is 5.86. The standard InChI is InChI=1S/C19H21N3O/c1-4-7-16-18(22-11-6-5-8-17(22)20-16)19(23)21-15-10-9-13(2)12-14(15)3/h5-6,8-12H,4,7H2,1-3H3,(H,21,23). The minimum absolute atomic E-state index is 0.112. The van der Waals surface area contributed by atoms with Crippen LogP contribution in [-0.2, 0) is 6.42 Å². The van der Waals surface area contributed by atoms with Crippen LogP contribution in [0.2, 0.25) is 0 Å².